The molecule has 0 spiro atoms. The summed E-state index contributed by atoms with van der Waals surface area (Å²) in [6, 6.07) is 11.6. The number of thiophene rings is 1. The van der Waals surface area contributed by atoms with Gasteiger partial charge in [-0.05, 0) is 72.1 Å². The van der Waals surface area contributed by atoms with E-state index in [2.05, 4.69) is 60.8 Å². The van der Waals surface area contributed by atoms with Crippen LogP contribution in [-0.4, -0.2) is 59.0 Å². The SMILES string of the molecule is c1cc(CN2CCN(Cc3ccc4[nH]c(CN5CCCC5)cc4c3)CC2)cs1. The Kier molecular flexibility index (Phi) is 5.50. The Morgan fingerprint density at radius 3 is 2.18 bits per heavy atom. The minimum atomic E-state index is 1.06. The third-order valence-electron chi connectivity index (χ3n) is 6.19. The van der Waals surface area contributed by atoms with Crippen LogP contribution < -0.4 is 0 Å². The largest absolute Gasteiger partial charge is 0.357 e. The summed E-state index contributed by atoms with van der Waals surface area (Å²) in [7, 11) is 0. The van der Waals surface area contributed by atoms with Crippen molar-refractivity contribution in [3.8, 4) is 0 Å². The van der Waals surface area contributed by atoms with Crippen LogP contribution in [0.5, 0.6) is 0 Å². The third kappa shape index (κ3) is 4.33. The van der Waals surface area contributed by atoms with Crippen LogP contribution in [0.25, 0.3) is 10.9 Å². The second-order valence-corrected chi connectivity index (χ2v) is 9.16. The quantitative estimate of drug-likeness (QED) is 0.680. The maximum atomic E-state index is 3.62. The van der Waals surface area contributed by atoms with Crippen LogP contribution in [0, 0.1) is 0 Å². The number of benzene rings is 1. The summed E-state index contributed by atoms with van der Waals surface area (Å²) >= 11 is 1.80. The molecule has 148 valence electrons. The van der Waals surface area contributed by atoms with Gasteiger partial charge in [0.2, 0.25) is 0 Å². The molecule has 2 fully saturated rings. The zero-order valence-electron chi connectivity index (χ0n) is 16.6. The lowest BCUT2D eigenvalue weighted by molar-refractivity contribution is 0.122. The van der Waals surface area contributed by atoms with E-state index in [-0.39, 0.29) is 0 Å². The van der Waals surface area contributed by atoms with Crippen LogP contribution in [0.4, 0.5) is 0 Å². The Morgan fingerprint density at radius 1 is 0.750 bits per heavy atom. The van der Waals surface area contributed by atoms with Crippen molar-refractivity contribution in [2.75, 3.05) is 39.3 Å². The molecule has 0 saturated carbocycles. The molecule has 2 aliphatic rings. The Labute approximate surface area is 171 Å². The second-order valence-electron chi connectivity index (χ2n) is 8.38. The summed E-state index contributed by atoms with van der Waals surface area (Å²) in [6.07, 6.45) is 2.70. The Bertz CT molecular complexity index is 887. The van der Waals surface area contributed by atoms with Crippen molar-refractivity contribution in [2.24, 2.45) is 0 Å². The topological polar surface area (TPSA) is 25.5 Å². The standard InChI is InChI=1S/C23H30N4S/c1-2-7-25(6-1)17-22-14-21-13-19(3-4-23(21)24-22)15-26-8-10-27(11-9-26)16-20-5-12-28-18-20/h3-5,12-14,18,24H,1-2,6-11,15-17H2. The third-order valence-corrected chi connectivity index (χ3v) is 6.92. The molecule has 3 aromatic rings. The zero-order chi connectivity index (χ0) is 18.8. The highest BCUT2D eigenvalue weighted by Crippen LogP contribution is 2.21. The number of aromatic amines is 1. The Morgan fingerprint density at radius 2 is 1.46 bits per heavy atom. The fourth-order valence-corrected chi connectivity index (χ4v) is 5.27. The van der Waals surface area contributed by atoms with E-state index in [9.17, 15) is 0 Å². The van der Waals surface area contributed by atoms with Crippen molar-refractivity contribution in [2.45, 2.75) is 32.5 Å². The van der Waals surface area contributed by atoms with Gasteiger partial charge in [0, 0.05) is 62.4 Å². The van der Waals surface area contributed by atoms with E-state index in [0.717, 1.165) is 32.7 Å². The molecule has 0 radical (unpaired) electrons. The highest BCUT2D eigenvalue weighted by molar-refractivity contribution is 7.07. The van der Waals surface area contributed by atoms with E-state index >= 15 is 0 Å². The maximum absolute atomic E-state index is 3.62. The smallest absolute Gasteiger partial charge is 0.0456 e. The van der Waals surface area contributed by atoms with Crippen LogP contribution in [0.3, 0.4) is 0 Å². The average molecular weight is 395 g/mol. The highest BCUT2D eigenvalue weighted by atomic mass is 32.1. The molecule has 5 rings (SSSR count). The van der Waals surface area contributed by atoms with Gasteiger partial charge in [-0.25, -0.2) is 0 Å². The van der Waals surface area contributed by atoms with Crippen molar-refractivity contribution in [3.05, 3.63) is 57.9 Å². The molecule has 2 aliphatic heterocycles. The number of rotatable bonds is 6. The van der Waals surface area contributed by atoms with Crippen molar-refractivity contribution in [1.82, 2.24) is 19.7 Å². The lowest BCUT2D eigenvalue weighted by Crippen LogP contribution is -2.45. The van der Waals surface area contributed by atoms with E-state index in [1.807, 2.05) is 0 Å². The average Bonchev–Trinajstić information content (AvgIpc) is 3.45. The minimum absolute atomic E-state index is 1.06. The van der Waals surface area contributed by atoms with E-state index < -0.39 is 0 Å². The van der Waals surface area contributed by atoms with Gasteiger partial charge in [-0.2, -0.15) is 11.3 Å². The number of aromatic nitrogens is 1. The van der Waals surface area contributed by atoms with Crippen LogP contribution in [0.1, 0.15) is 29.7 Å². The lowest BCUT2D eigenvalue weighted by Gasteiger charge is -2.34. The molecule has 0 aliphatic carbocycles. The first-order valence-electron chi connectivity index (χ1n) is 10.6. The van der Waals surface area contributed by atoms with Crippen LogP contribution in [0.2, 0.25) is 0 Å². The fourth-order valence-electron chi connectivity index (χ4n) is 4.61. The van der Waals surface area contributed by atoms with E-state index in [4.69, 9.17) is 0 Å². The minimum Gasteiger partial charge on any atom is -0.357 e. The molecule has 28 heavy (non-hydrogen) atoms. The Hall–Kier alpha value is -1.66. The first-order chi connectivity index (χ1) is 13.8. The predicted molar refractivity (Wildman–Crippen MR) is 118 cm³/mol. The summed E-state index contributed by atoms with van der Waals surface area (Å²) in [5.41, 5.74) is 5.53. The molecule has 0 unspecified atom stereocenters. The van der Waals surface area contributed by atoms with Crippen LogP contribution in [0.15, 0.2) is 41.1 Å². The number of hydrogen-bond donors (Lipinski definition) is 1. The number of likely N-dealkylation sites (tertiary alicyclic amines) is 1. The summed E-state index contributed by atoms with van der Waals surface area (Å²) in [4.78, 5) is 11.4. The molecule has 2 saturated heterocycles. The first kappa shape index (κ1) is 18.4. The van der Waals surface area contributed by atoms with Crippen molar-refractivity contribution in [3.63, 3.8) is 0 Å². The number of H-pyrrole nitrogens is 1. The van der Waals surface area contributed by atoms with Crippen molar-refractivity contribution in [1.29, 1.82) is 0 Å². The van der Waals surface area contributed by atoms with Crippen LogP contribution >= 0.6 is 11.3 Å². The van der Waals surface area contributed by atoms with E-state index in [0.29, 0.717) is 0 Å². The maximum Gasteiger partial charge on any atom is 0.0456 e. The van der Waals surface area contributed by atoms with Gasteiger partial charge in [-0.15, -0.1) is 0 Å². The van der Waals surface area contributed by atoms with Gasteiger partial charge in [0.1, 0.15) is 0 Å². The molecule has 1 aromatic carbocycles. The molecule has 0 bridgehead atoms. The first-order valence-corrected chi connectivity index (χ1v) is 11.5. The molecular weight excluding hydrogens is 364 g/mol. The van der Waals surface area contributed by atoms with Gasteiger partial charge in [0.05, 0.1) is 0 Å². The van der Waals surface area contributed by atoms with Gasteiger partial charge in [0.15, 0.2) is 0 Å². The van der Waals surface area contributed by atoms with Gasteiger partial charge in [-0.1, -0.05) is 6.07 Å². The number of nitrogens with one attached hydrogen (secondary N) is 1. The van der Waals surface area contributed by atoms with Gasteiger partial charge < -0.3 is 4.98 Å². The normalized spacial score (nSPS) is 19.7. The molecule has 0 amide bonds. The van der Waals surface area contributed by atoms with E-state index in [1.165, 1.54) is 66.7 Å². The molecule has 5 heteroatoms. The molecule has 2 aromatic heterocycles. The van der Waals surface area contributed by atoms with Gasteiger partial charge in [-0.3, -0.25) is 14.7 Å². The summed E-state index contributed by atoms with van der Waals surface area (Å²) in [6.45, 7) is 10.4. The van der Waals surface area contributed by atoms with E-state index in [1.54, 1.807) is 11.3 Å². The van der Waals surface area contributed by atoms with Gasteiger partial charge in [0.25, 0.3) is 0 Å². The van der Waals surface area contributed by atoms with Crippen LogP contribution in [-0.2, 0) is 19.6 Å². The number of hydrogen-bond acceptors (Lipinski definition) is 4. The highest BCUT2D eigenvalue weighted by Gasteiger charge is 2.18. The monoisotopic (exact) mass is 394 g/mol. The van der Waals surface area contributed by atoms with Crippen molar-refractivity contribution < 1.29 is 0 Å². The summed E-state index contributed by atoms with van der Waals surface area (Å²) in [5.74, 6) is 0. The molecule has 4 nitrogen and oxygen atoms in total. The number of nitrogens with zero attached hydrogens (tertiary/aromatic N) is 3. The lowest BCUT2D eigenvalue weighted by atomic mass is 10.1. The summed E-state index contributed by atoms with van der Waals surface area (Å²) in [5, 5.41) is 5.82. The summed E-state index contributed by atoms with van der Waals surface area (Å²) < 4.78 is 0. The van der Waals surface area contributed by atoms with Gasteiger partial charge >= 0.3 is 0 Å². The predicted octanol–water partition coefficient (Wildman–Crippen LogP) is 4.14. The molecule has 0 atom stereocenters. The fraction of sp³-hybridized carbons (Fsp3) is 0.478. The molecule has 4 heterocycles. The zero-order valence-corrected chi connectivity index (χ0v) is 17.4. The number of fused-ring (bicyclic) bond motifs is 1. The number of piperazine rings is 1. The molecular formula is C23H30N4S. The van der Waals surface area contributed by atoms with Crippen molar-refractivity contribution >= 4 is 22.2 Å². The Balaban J connectivity index is 1.17. The second kappa shape index (κ2) is 8.37. The molecule has 1 N–H and O–H groups in total.